The summed E-state index contributed by atoms with van der Waals surface area (Å²) in [6, 6.07) is 29.3. The van der Waals surface area contributed by atoms with Crippen molar-refractivity contribution in [1.29, 1.82) is 0 Å². The second kappa shape index (κ2) is 9.04. The molecule has 0 aliphatic carbocycles. The molecule has 1 aromatic heterocycles. The van der Waals surface area contributed by atoms with Gasteiger partial charge in [-0.05, 0) is 28.9 Å². The van der Waals surface area contributed by atoms with Gasteiger partial charge in [0.15, 0.2) is 10.6 Å². The van der Waals surface area contributed by atoms with Crippen molar-refractivity contribution >= 4 is 24.0 Å². The molecule has 3 aromatic carbocycles. The van der Waals surface area contributed by atoms with Gasteiger partial charge in [0.1, 0.15) is 0 Å². The fourth-order valence-corrected chi connectivity index (χ4v) is 4.31. The molecule has 0 aliphatic heterocycles. The van der Waals surface area contributed by atoms with Crippen LogP contribution >= 0.6 is 24.0 Å². The average molecular weight is 404 g/mol. The summed E-state index contributed by atoms with van der Waals surface area (Å²) in [7, 11) is 0. The highest BCUT2D eigenvalue weighted by molar-refractivity contribution is 7.98. The first kappa shape index (κ1) is 18.7. The third kappa shape index (κ3) is 4.26. The topological polar surface area (TPSA) is 33.6 Å². The first-order chi connectivity index (χ1) is 13.8. The normalized spacial score (nSPS) is 10.9. The first-order valence-corrected chi connectivity index (χ1v) is 10.8. The van der Waals surface area contributed by atoms with Crippen LogP contribution in [0.4, 0.5) is 0 Å². The van der Waals surface area contributed by atoms with Gasteiger partial charge < -0.3 is 0 Å². The molecule has 0 aliphatic rings. The monoisotopic (exact) mass is 403 g/mol. The zero-order chi connectivity index (χ0) is 19.2. The van der Waals surface area contributed by atoms with E-state index in [1.54, 1.807) is 0 Å². The lowest BCUT2D eigenvalue weighted by atomic mass is 9.99. The molecule has 0 amide bonds. The molecule has 0 unspecified atom stereocenters. The Kier molecular flexibility index (Phi) is 6.04. The number of H-pyrrole nitrogens is 1. The molecule has 4 rings (SSSR count). The van der Waals surface area contributed by atoms with E-state index in [0.29, 0.717) is 4.77 Å². The van der Waals surface area contributed by atoms with Crippen LogP contribution in [-0.4, -0.2) is 20.5 Å². The molecule has 3 nitrogen and oxygen atoms in total. The molecule has 0 saturated carbocycles. The highest BCUT2D eigenvalue weighted by Gasteiger charge is 2.13. The van der Waals surface area contributed by atoms with E-state index in [9.17, 15) is 0 Å². The minimum absolute atomic E-state index is 0.665. The third-order valence-electron chi connectivity index (χ3n) is 4.58. The Morgan fingerprint density at radius 3 is 2.21 bits per heavy atom. The van der Waals surface area contributed by atoms with Gasteiger partial charge in [-0.1, -0.05) is 84.9 Å². The van der Waals surface area contributed by atoms with Crippen LogP contribution < -0.4 is 0 Å². The maximum Gasteiger partial charge on any atom is 0.195 e. The Hall–Kier alpha value is -2.63. The molecule has 5 heteroatoms. The van der Waals surface area contributed by atoms with Gasteiger partial charge in [-0.25, -0.2) is 0 Å². The summed E-state index contributed by atoms with van der Waals surface area (Å²) in [4.78, 5) is 0. The van der Waals surface area contributed by atoms with Crippen molar-refractivity contribution in [3.63, 3.8) is 0 Å². The fourth-order valence-electron chi connectivity index (χ4n) is 3.20. The number of hydrogen-bond donors (Lipinski definition) is 1. The Morgan fingerprint density at radius 2 is 1.46 bits per heavy atom. The van der Waals surface area contributed by atoms with E-state index in [0.717, 1.165) is 35.0 Å². The Labute approximate surface area is 174 Å². The van der Waals surface area contributed by atoms with Crippen molar-refractivity contribution in [2.24, 2.45) is 0 Å². The van der Waals surface area contributed by atoms with Crippen LogP contribution in [0.2, 0.25) is 0 Å². The SMILES string of the molecule is S=c1[nH]nc(-c2ccccc2-c2ccccc2)n1CCSCc1ccccc1. The zero-order valence-electron chi connectivity index (χ0n) is 15.4. The Morgan fingerprint density at radius 1 is 0.821 bits per heavy atom. The molecule has 4 aromatic rings. The molecule has 0 fully saturated rings. The average Bonchev–Trinajstić information content (AvgIpc) is 3.13. The summed E-state index contributed by atoms with van der Waals surface area (Å²) < 4.78 is 2.77. The second-order valence-electron chi connectivity index (χ2n) is 6.45. The number of hydrogen-bond acceptors (Lipinski definition) is 3. The summed E-state index contributed by atoms with van der Waals surface area (Å²) in [6.07, 6.45) is 0. The lowest BCUT2D eigenvalue weighted by Gasteiger charge is -2.11. The van der Waals surface area contributed by atoms with Gasteiger partial charge >= 0.3 is 0 Å². The molecule has 140 valence electrons. The van der Waals surface area contributed by atoms with Gasteiger partial charge in [-0.2, -0.15) is 16.9 Å². The van der Waals surface area contributed by atoms with Crippen LogP contribution in [0.25, 0.3) is 22.5 Å². The minimum Gasteiger partial charge on any atom is -0.299 e. The van der Waals surface area contributed by atoms with Crippen LogP contribution in [0, 0.1) is 4.77 Å². The van der Waals surface area contributed by atoms with E-state index >= 15 is 0 Å². The number of thioether (sulfide) groups is 1. The number of rotatable bonds is 7. The second-order valence-corrected chi connectivity index (χ2v) is 7.95. The maximum absolute atomic E-state index is 5.51. The summed E-state index contributed by atoms with van der Waals surface area (Å²) >= 11 is 7.42. The molecule has 0 atom stereocenters. The molecular formula is C23H21N3S2. The van der Waals surface area contributed by atoms with Gasteiger partial charge in [-0.15, -0.1) is 0 Å². The summed E-state index contributed by atoms with van der Waals surface area (Å²) in [5, 5.41) is 7.53. The standard InChI is InChI=1S/C23H21N3S2/c27-23-25-24-22(26(23)15-16-28-17-18-9-3-1-4-10-18)21-14-8-7-13-20(21)19-11-5-2-6-12-19/h1-14H,15-17H2,(H,25,27). The van der Waals surface area contributed by atoms with Crippen LogP contribution in [0.5, 0.6) is 0 Å². The van der Waals surface area contributed by atoms with Gasteiger partial charge in [0.2, 0.25) is 0 Å². The van der Waals surface area contributed by atoms with E-state index in [4.69, 9.17) is 12.2 Å². The smallest absolute Gasteiger partial charge is 0.195 e. The lowest BCUT2D eigenvalue weighted by molar-refractivity contribution is 0.764. The predicted molar refractivity (Wildman–Crippen MR) is 121 cm³/mol. The van der Waals surface area contributed by atoms with E-state index in [-0.39, 0.29) is 0 Å². The van der Waals surface area contributed by atoms with Gasteiger partial charge in [0.05, 0.1) is 0 Å². The largest absolute Gasteiger partial charge is 0.299 e. The van der Waals surface area contributed by atoms with E-state index < -0.39 is 0 Å². The van der Waals surface area contributed by atoms with Gasteiger partial charge in [-0.3, -0.25) is 9.67 Å². The Bertz CT molecular complexity index is 1090. The van der Waals surface area contributed by atoms with Crippen LogP contribution in [0.1, 0.15) is 5.56 Å². The maximum atomic E-state index is 5.51. The molecule has 1 N–H and O–H groups in total. The number of nitrogens with one attached hydrogen (secondary N) is 1. The van der Waals surface area contributed by atoms with Crippen LogP contribution in [0.15, 0.2) is 84.9 Å². The van der Waals surface area contributed by atoms with E-state index in [1.807, 2.05) is 23.9 Å². The van der Waals surface area contributed by atoms with Crippen molar-refractivity contribution in [1.82, 2.24) is 14.8 Å². The molecule has 0 radical (unpaired) electrons. The summed E-state index contributed by atoms with van der Waals surface area (Å²) in [5.41, 5.74) is 4.78. The van der Waals surface area contributed by atoms with Crippen LogP contribution in [-0.2, 0) is 12.3 Å². The highest BCUT2D eigenvalue weighted by atomic mass is 32.2. The molecule has 0 bridgehead atoms. The lowest BCUT2D eigenvalue weighted by Crippen LogP contribution is -2.04. The number of benzene rings is 3. The minimum atomic E-state index is 0.665. The molecule has 1 heterocycles. The van der Waals surface area contributed by atoms with Crippen molar-refractivity contribution in [3.8, 4) is 22.5 Å². The molecule has 0 saturated heterocycles. The Balaban J connectivity index is 1.55. The highest BCUT2D eigenvalue weighted by Crippen LogP contribution is 2.31. The molecular weight excluding hydrogens is 382 g/mol. The number of nitrogens with zero attached hydrogens (tertiary/aromatic N) is 2. The van der Waals surface area contributed by atoms with Gasteiger partial charge in [0.25, 0.3) is 0 Å². The van der Waals surface area contributed by atoms with E-state index in [1.165, 1.54) is 11.1 Å². The molecule has 0 spiro atoms. The first-order valence-electron chi connectivity index (χ1n) is 9.24. The third-order valence-corrected chi connectivity index (χ3v) is 5.90. The number of aromatic nitrogens is 3. The fraction of sp³-hybridized carbons (Fsp3) is 0.130. The van der Waals surface area contributed by atoms with Gasteiger partial charge in [0, 0.05) is 23.6 Å². The summed E-state index contributed by atoms with van der Waals surface area (Å²) in [5.74, 6) is 2.87. The zero-order valence-corrected chi connectivity index (χ0v) is 17.0. The van der Waals surface area contributed by atoms with E-state index in [2.05, 4.69) is 87.6 Å². The summed E-state index contributed by atoms with van der Waals surface area (Å²) in [6.45, 7) is 0.825. The van der Waals surface area contributed by atoms with Crippen molar-refractivity contribution in [3.05, 3.63) is 95.3 Å². The van der Waals surface area contributed by atoms with Crippen molar-refractivity contribution < 1.29 is 0 Å². The van der Waals surface area contributed by atoms with Crippen LogP contribution in [0.3, 0.4) is 0 Å². The number of aromatic amines is 1. The van der Waals surface area contributed by atoms with Crippen molar-refractivity contribution in [2.75, 3.05) is 5.75 Å². The molecule has 28 heavy (non-hydrogen) atoms. The quantitative estimate of drug-likeness (QED) is 0.294. The van der Waals surface area contributed by atoms with Crippen molar-refractivity contribution in [2.45, 2.75) is 12.3 Å². The predicted octanol–water partition coefficient (Wildman–Crippen LogP) is 6.21.